The van der Waals surface area contributed by atoms with Crippen molar-refractivity contribution in [2.24, 2.45) is 0 Å². The minimum Gasteiger partial charge on any atom is -0.481 e. The van der Waals surface area contributed by atoms with Gasteiger partial charge in [-0.25, -0.2) is 4.98 Å². The van der Waals surface area contributed by atoms with Crippen LogP contribution in [0.3, 0.4) is 0 Å². The summed E-state index contributed by atoms with van der Waals surface area (Å²) in [5, 5.41) is 8.92. The molecule has 1 unspecified atom stereocenters. The maximum atomic E-state index is 10.9. The molecule has 0 aliphatic rings. The highest BCUT2D eigenvalue weighted by Gasteiger charge is 2.20. The molecule has 4 heteroatoms. The minimum absolute atomic E-state index is 0.428. The van der Waals surface area contributed by atoms with Gasteiger partial charge in [-0.1, -0.05) is 6.92 Å². The molecule has 4 nitrogen and oxygen atoms in total. The summed E-state index contributed by atoms with van der Waals surface area (Å²) in [6, 6.07) is 0. The average Bonchev–Trinajstić information content (AvgIpc) is 2.53. The summed E-state index contributed by atoms with van der Waals surface area (Å²) in [5.74, 6) is -1.21. The summed E-state index contributed by atoms with van der Waals surface area (Å²) in [4.78, 5) is 14.8. The predicted octanol–water partition coefficient (Wildman–Crippen LogP) is 1.48. The summed E-state index contributed by atoms with van der Waals surface area (Å²) >= 11 is 0. The first kappa shape index (κ1) is 9.77. The topological polar surface area (TPSA) is 55.1 Å². The van der Waals surface area contributed by atoms with Gasteiger partial charge in [-0.3, -0.25) is 4.79 Å². The van der Waals surface area contributed by atoms with Crippen LogP contribution in [0, 0.1) is 0 Å². The Morgan fingerprint density at radius 1 is 1.69 bits per heavy atom. The largest absolute Gasteiger partial charge is 0.481 e. The van der Waals surface area contributed by atoms with Crippen molar-refractivity contribution >= 4 is 5.97 Å². The Hall–Kier alpha value is -1.32. The highest BCUT2D eigenvalue weighted by Crippen LogP contribution is 2.18. The molecule has 0 aliphatic carbocycles. The number of aryl methyl sites for hydroxylation is 1. The van der Waals surface area contributed by atoms with Crippen molar-refractivity contribution in [3.63, 3.8) is 0 Å². The number of hydrogen-bond acceptors (Lipinski definition) is 2. The van der Waals surface area contributed by atoms with Gasteiger partial charge in [0.25, 0.3) is 0 Å². The molecule has 0 amide bonds. The van der Waals surface area contributed by atoms with Gasteiger partial charge in [-0.05, 0) is 13.3 Å². The molecule has 0 saturated carbocycles. The van der Waals surface area contributed by atoms with E-state index < -0.39 is 11.9 Å². The van der Waals surface area contributed by atoms with E-state index in [4.69, 9.17) is 5.11 Å². The fourth-order valence-corrected chi connectivity index (χ4v) is 1.40. The number of nitrogens with zero attached hydrogens (tertiary/aromatic N) is 2. The first-order valence-electron chi connectivity index (χ1n) is 4.43. The first-order valence-corrected chi connectivity index (χ1v) is 4.43. The lowest BCUT2D eigenvalue weighted by molar-refractivity contribution is -0.139. The van der Waals surface area contributed by atoms with Gasteiger partial charge in [0.05, 0.1) is 17.9 Å². The van der Waals surface area contributed by atoms with Crippen LogP contribution in [-0.4, -0.2) is 20.6 Å². The molecule has 1 aromatic heterocycles. The van der Waals surface area contributed by atoms with Crippen LogP contribution in [0.25, 0.3) is 0 Å². The first-order chi connectivity index (χ1) is 6.20. The van der Waals surface area contributed by atoms with Crippen molar-refractivity contribution in [3.05, 3.63) is 18.2 Å². The van der Waals surface area contributed by atoms with E-state index in [0.29, 0.717) is 6.42 Å². The van der Waals surface area contributed by atoms with Gasteiger partial charge in [-0.2, -0.15) is 0 Å². The monoisotopic (exact) mass is 182 g/mol. The summed E-state index contributed by atoms with van der Waals surface area (Å²) in [6.45, 7) is 4.60. The summed E-state index contributed by atoms with van der Waals surface area (Å²) in [6.07, 6.45) is 3.90. The molecule has 1 aromatic rings. The van der Waals surface area contributed by atoms with Crippen molar-refractivity contribution in [1.29, 1.82) is 0 Å². The number of aliphatic carboxylic acids is 1. The second-order valence-corrected chi connectivity index (χ2v) is 2.90. The molecule has 0 bridgehead atoms. The Morgan fingerprint density at radius 3 is 2.85 bits per heavy atom. The molecule has 72 valence electrons. The van der Waals surface area contributed by atoms with Crippen LogP contribution in [0.2, 0.25) is 0 Å². The third-order valence-corrected chi connectivity index (χ3v) is 2.15. The van der Waals surface area contributed by atoms with E-state index in [1.807, 2.05) is 18.4 Å². The third-order valence-electron chi connectivity index (χ3n) is 2.15. The van der Waals surface area contributed by atoms with E-state index in [0.717, 1.165) is 12.2 Å². The quantitative estimate of drug-likeness (QED) is 0.767. The fraction of sp³-hybridized carbons (Fsp3) is 0.556. The predicted molar refractivity (Wildman–Crippen MR) is 48.6 cm³/mol. The molecule has 0 saturated heterocycles. The van der Waals surface area contributed by atoms with Crippen molar-refractivity contribution in [2.75, 3.05) is 0 Å². The summed E-state index contributed by atoms with van der Waals surface area (Å²) < 4.78 is 1.86. The molecule has 0 aliphatic heterocycles. The molecular weight excluding hydrogens is 168 g/mol. The molecule has 0 fully saturated rings. The summed E-state index contributed by atoms with van der Waals surface area (Å²) in [5.41, 5.74) is 0.789. The molecule has 1 heterocycles. The van der Waals surface area contributed by atoms with E-state index in [9.17, 15) is 4.79 Å². The Balaban J connectivity index is 2.96. The average molecular weight is 182 g/mol. The van der Waals surface area contributed by atoms with Crippen molar-refractivity contribution < 1.29 is 9.90 Å². The number of carboxylic acid groups (broad SMARTS) is 1. The highest BCUT2D eigenvalue weighted by atomic mass is 16.4. The lowest BCUT2D eigenvalue weighted by Crippen LogP contribution is -2.14. The smallest absolute Gasteiger partial charge is 0.312 e. The zero-order chi connectivity index (χ0) is 9.84. The number of aromatic nitrogens is 2. The second-order valence-electron chi connectivity index (χ2n) is 2.90. The van der Waals surface area contributed by atoms with Crippen LogP contribution in [0.4, 0.5) is 0 Å². The van der Waals surface area contributed by atoms with E-state index in [1.165, 1.54) is 0 Å². The maximum Gasteiger partial charge on any atom is 0.312 e. The maximum absolute atomic E-state index is 10.9. The van der Waals surface area contributed by atoms with Crippen LogP contribution in [0.1, 0.15) is 31.9 Å². The zero-order valence-electron chi connectivity index (χ0n) is 7.90. The summed E-state index contributed by atoms with van der Waals surface area (Å²) in [7, 11) is 0. The molecule has 1 atom stereocenters. The van der Waals surface area contributed by atoms with Gasteiger partial charge in [0.1, 0.15) is 0 Å². The molecule has 0 spiro atoms. The van der Waals surface area contributed by atoms with Crippen LogP contribution in [0.5, 0.6) is 0 Å². The number of carbonyl (C=O) groups is 1. The van der Waals surface area contributed by atoms with Gasteiger partial charge in [-0.15, -0.1) is 0 Å². The van der Waals surface area contributed by atoms with E-state index >= 15 is 0 Å². The lowest BCUT2D eigenvalue weighted by atomic mass is 10.0. The lowest BCUT2D eigenvalue weighted by Gasteiger charge is -2.11. The van der Waals surface area contributed by atoms with Crippen LogP contribution < -0.4 is 0 Å². The Labute approximate surface area is 77.2 Å². The van der Waals surface area contributed by atoms with E-state index in [1.54, 1.807) is 12.5 Å². The van der Waals surface area contributed by atoms with Gasteiger partial charge in [0.2, 0.25) is 0 Å². The second kappa shape index (κ2) is 4.07. The Bertz CT molecular complexity index is 294. The van der Waals surface area contributed by atoms with Gasteiger partial charge in [0, 0.05) is 12.7 Å². The minimum atomic E-state index is -0.780. The standard InChI is InChI=1S/C9H14N2O2/c1-3-7(9(12)13)8-5-10-6-11(8)4-2/h5-7H,3-4H2,1-2H3,(H,12,13). The zero-order valence-corrected chi connectivity index (χ0v) is 7.90. The van der Waals surface area contributed by atoms with E-state index in [-0.39, 0.29) is 0 Å². The molecule has 0 radical (unpaired) electrons. The molecule has 13 heavy (non-hydrogen) atoms. The number of hydrogen-bond donors (Lipinski definition) is 1. The molecular formula is C9H14N2O2. The third kappa shape index (κ3) is 1.88. The van der Waals surface area contributed by atoms with Crippen molar-refractivity contribution in [2.45, 2.75) is 32.7 Å². The fourth-order valence-electron chi connectivity index (χ4n) is 1.40. The molecule has 1 rings (SSSR count). The Kier molecular flexibility index (Phi) is 3.06. The molecule has 0 aromatic carbocycles. The van der Waals surface area contributed by atoms with Gasteiger partial charge in [0.15, 0.2) is 0 Å². The van der Waals surface area contributed by atoms with Crippen LogP contribution >= 0.6 is 0 Å². The Morgan fingerprint density at radius 2 is 2.38 bits per heavy atom. The van der Waals surface area contributed by atoms with Gasteiger partial charge >= 0.3 is 5.97 Å². The van der Waals surface area contributed by atoms with Crippen molar-refractivity contribution in [1.82, 2.24) is 9.55 Å². The normalized spacial score (nSPS) is 12.8. The SMILES string of the molecule is CCC(C(=O)O)c1cncn1CC. The number of carboxylic acids is 1. The highest BCUT2D eigenvalue weighted by molar-refractivity contribution is 5.75. The number of rotatable bonds is 4. The molecule has 1 N–H and O–H groups in total. The van der Waals surface area contributed by atoms with Gasteiger partial charge < -0.3 is 9.67 Å². The van der Waals surface area contributed by atoms with Crippen LogP contribution in [-0.2, 0) is 11.3 Å². The number of imidazole rings is 1. The van der Waals surface area contributed by atoms with Crippen LogP contribution in [0.15, 0.2) is 12.5 Å². The van der Waals surface area contributed by atoms with Crippen molar-refractivity contribution in [3.8, 4) is 0 Å². The van der Waals surface area contributed by atoms with E-state index in [2.05, 4.69) is 4.98 Å².